The molecule has 0 aromatic heterocycles. The van der Waals surface area contributed by atoms with Crippen LogP contribution in [-0.4, -0.2) is 108 Å². The van der Waals surface area contributed by atoms with Crippen molar-refractivity contribution in [2.45, 2.75) is 0 Å². The molecule has 0 aromatic carbocycles. The summed E-state index contributed by atoms with van der Waals surface area (Å²) < 4.78 is 26.2. The summed E-state index contributed by atoms with van der Waals surface area (Å²) in [6.07, 6.45) is 0. The molecular weight excluding hydrogens is 333 g/mol. The van der Waals surface area contributed by atoms with E-state index in [1.54, 1.807) is 0 Å². The molecule has 1 rings (SSSR count). The third-order valence-electron chi connectivity index (χ3n) is 2.50. The molecule has 7 heteroatoms. The third kappa shape index (κ3) is 14.7. The summed E-state index contributed by atoms with van der Waals surface area (Å²) in [6.45, 7) is 9.78. The molecule has 0 bridgehead atoms. The van der Waals surface area contributed by atoms with Crippen LogP contribution in [0, 0.1) is 0 Å². The maximum atomic E-state index is 4.37. The van der Waals surface area contributed by atoms with Crippen LogP contribution >= 0.6 is 0 Å². The Morgan fingerprint density at radius 3 is 0.474 bits per heavy atom. The van der Waals surface area contributed by atoms with E-state index in [4.69, 9.17) is 0 Å². The molecular formula is C12H30NbO6+11. The molecule has 0 radical (unpaired) electrons. The Morgan fingerprint density at radius 2 is 0.368 bits per heavy atom. The van der Waals surface area contributed by atoms with Gasteiger partial charge in [0.2, 0.25) is 79.3 Å². The van der Waals surface area contributed by atoms with Gasteiger partial charge in [0.25, 0.3) is 0 Å². The minimum absolute atomic E-state index is 0. The van der Waals surface area contributed by atoms with E-state index >= 15 is 0 Å². The van der Waals surface area contributed by atoms with Crippen molar-refractivity contribution >= 4 is 0 Å². The van der Waals surface area contributed by atoms with Crippen molar-refractivity contribution in [3.8, 4) is 0 Å². The smallest absolute Gasteiger partial charge is 0.422 e. The molecule has 6 N–H and O–H groups in total. The van der Waals surface area contributed by atoms with Crippen LogP contribution in [0.1, 0.15) is 0 Å². The van der Waals surface area contributed by atoms with Crippen molar-refractivity contribution < 1.29 is 50.8 Å². The molecule has 1 saturated heterocycles. The molecule has 108 valence electrons. The van der Waals surface area contributed by atoms with Crippen LogP contribution in [0.2, 0.25) is 0 Å². The van der Waals surface area contributed by atoms with E-state index in [1.807, 2.05) is 0 Å². The third-order valence-corrected chi connectivity index (χ3v) is 2.50. The van der Waals surface area contributed by atoms with E-state index in [9.17, 15) is 0 Å². The maximum absolute atomic E-state index is 4.37. The normalized spacial score (nSPS) is 22.7. The standard InChI is InChI=1S/C12H24O6.Nb/c1-2-14-5-6-16-9-10-18-12-11-17-8-7-15-4-3-13-1;/h1-12H2;/q;+5/p+6. The van der Waals surface area contributed by atoms with Gasteiger partial charge in [0, 0.05) is 0 Å². The molecule has 1 aliphatic heterocycles. The first kappa shape index (κ1) is 19.5. The molecule has 0 amide bonds. The summed E-state index contributed by atoms with van der Waals surface area (Å²) in [5, 5.41) is 0. The Bertz CT molecular complexity index is 97.2. The molecule has 0 aromatic rings. The Labute approximate surface area is 130 Å². The van der Waals surface area contributed by atoms with Crippen molar-refractivity contribution in [3.05, 3.63) is 0 Å². The van der Waals surface area contributed by atoms with E-state index in [-0.39, 0.29) is 22.4 Å². The minimum Gasteiger partial charge on any atom is -0.422 e. The van der Waals surface area contributed by atoms with Crippen molar-refractivity contribution in [1.29, 1.82) is 0 Å². The van der Waals surface area contributed by atoms with Gasteiger partial charge in [-0.1, -0.05) is 0 Å². The Balaban J connectivity index is 0.00000324. The molecule has 0 aliphatic carbocycles. The first-order valence-electron chi connectivity index (χ1n) is 6.79. The van der Waals surface area contributed by atoms with Gasteiger partial charge in [-0.25, -0.2) is 0 Å². The summed E-state index contributed by atoms with van der Waals surface area (Å²) in [5.74, 6) is 0. The van der Waals surface area contributed by atoms with E-state index in [0.29, 0.717) is 0 Å². The van der Waals surface area contributed by atoms with E-state index in [1.165, 1.54) is 0 Å². The zero-order chi connectivity index (χ0) is 12.7. The van der Waals surface area contributed by atoms with Gasteiger partial charge in [-0.05, 0) is 0 Å². The predicted octanol–water partition coefficient (Wildman–Crippen LogP) is -2.83. The first-order valence-corrected chi connectivity index (χ1v) is 6.79. The first-order chi connectivity index (χ1) is 9.00. The van der Waals surface area contributed by atoms with E-state index in [0.717, 1.165) is 79.3 Å². The van der Waals surface area contributed by atoms with Crippen LogP contribution < -0.4 is 0 Å². The van der Waals surface area contributed by atoms with Gasteiger partial charge in [-0.15, -0.1) is 0 Å². The summed E-state index contributed by atoms with van der Waals surface area (Å²) in [6, 6.07) is 0. The van der Waals surface area contributed by atoms with Crippen molar-refractivity contribution in [2.24, 2.45) is 0 Å². The fourth-order valence-corrected chi connectivity index (χ4v) is 1.52. The SMILES string of the molecule is C1C[OH+]CC[OH+]CC[OH+]CC[OH+]CC[OH+]CC[OH+]1.[Nb+5]. The monoisotopic (exact) mass is 363 g/mol. The second-order valence-electron chi connectivity index (χ2n) is 4.02. The summed E-state index contributed by atoms with van der Waals surface area (Å²) in [4.78, 5) is 0. The van der Waals surface area contributed by atoms with Crippen LogP contribution in [-0.2, 0) is 22.4 Å². The fraction of sp³-hybridized carbons (Fsp3) is 1.00. The second-order valence-corrected chi connectivity index (χ2v) is 4.02. The van der Waals surface area contributed by atoms with Gasteiger partial charge in [0.05, 0.1) is 0 Å². The number of aliphatic hydroxyl groups is 12. The molecule has 0 saturated carbocycles. The molecule has 0 spiro atoms. The Hall–Kier alpha value is 0.500. The molecule has 19 heavy (non-hydrogen) atoms. The van der Waals surface area contributed by atoms with Crippen molar-refractivity contribution in [2.75, 3.05) is 79.3 Å². The van der Waals surface area contributed by atoms with Crippen LogP contribution in [0.5, 0.6) is 0 Å². The second kappa shape index (κ2) is 16.6. The quantitative estimate of drug-likeness (QED) is 0.329. The van der Waals surface area contributed by atoms with Gasteiger partial charge in [-0.2, -0.15) is 0 Å². The van der Waals surface area contributed by atoms with Gasteiger partial charge in [0.15, 0.2) is 0 Å². The van der Waals surface area contributed by atoms with E-state index < -0.39 is 0 Å². The number of ether oxygens (including phenoxy) is 6. The number of rotatable bonds is 0. The topological polar surface area (TPSA) is 76.8 Å². The molecule has 6 nitrogen and oxygen atoms in total. The van der Waals surface area contributed by atoms with Crippen LogP contribution in [0.15, 0.2) is 0 Å². The van der Waals surface area contributed by atoms with Gasteiger partial charge < -0.3 is 28.4 Å². The number of hydrogen-bond acceptors (Lipinski definition) is 0. The Morgan fingerprint density at radius 1 is 0.263 bits per heavy atom. The van der Waals surface area contributed by atoms with Crippen LogP contribution in [0.3, 0.4) is 0 Å². The molecule has 0 unspecified atom stereocenters. The summed E-state index contributed by atoms with van der Waals surface area (Å²) in [7, 11) is 0. The van der Waals surface area contributed by atoms with Gasteiger partial charge in [0.1, 0.15) is 0 Å². The maximum Gasteiger partial charge on any atom is 5.00 e. The average Bonchev–Trinajstić information content (AvgIpc) is 2.39. The van der Waals surface area contributed by atoms with Crippen LogP contribution in [0.4, 0.5) is 0 Å². The molecule has 1 aliphatic rings. The fourth-order valence-electron chi connectivity index (χ4n) is 1.52. The Kier molecular flexibility index (Phi) is 17.0. The zero-order valence-electron chi connectivity index (χ0n) is 11.6. The largest absolute Gasteiger partial charge is 5.00 e. The zero-order valence-corrected chi connectivity index (χ0v) is 13.8. The van der Waals surface area contributed by atoms with Gasteiger partial charge in [-0.3, -0.25) is 0 Å². The number of hydrogen-bond donors (Lipinski definition) is 0. The van der Waals surface area contributed by atoms with Gasteiger partial charge >= 0.3 is 22.4 Å². The van der Waals surface area contributed by atoms with Crippen molar-refractivity contribution in [3.63, 3.8) is 0 Å². The minimum atomic E-state index is 0. The van der Waals surface area contributed by atoms with Crippen LogP contribution in [0.25, 0.3) is 0 Å². The molecule has 1 heterocycles. The molecule has 1 fully saturated rings. The predicted molar refractivity (Wildman–Crippen MR) is 71.7 cm³/mol. The summed E-state index contributed by atoms with van der Waals surface area (Å²) in [5.41, 5.74) is 0. The van der Waals surface area contributed by atoms with Crippen molar-refractivity contribution in [1.82, 2.24) is 0 Å². The average molecular weight is 363 g/mol. The van der Waals surface area contributed by atoms with E-state index in [2.05, 4.69) is 28.4 Å². The molecule has 0 atom stereocenters. The summed E-state index contributed by atoms with van der Waals surface area (Å²) >= 11 is 0.